The van der Waals surface area contributed by atoms with Gasteiger partial charge in [-0.15, -0.1) is 0 Å². The van der Waals surface area contributed by atoms with Gasteiger partial charge in [-0.05, 0) is 41.8 Å². The number of nitrogens with zero attached hydrogens (tertiary/aromatic N) is 6. The zero-order valence-corrected chi connectivity index (χ0v) is 23.2. The van der Waals surface area contributed by atoms with Gasteiger partial charge < -0.3 is 14.8 Å². The Morgan fingerprint density at radius 3 is 2.15 bits per heavy atom. The summed E-state index contributed by atoms with van der Waals surface area (Å²) in [5.74, 6) is 0.698. The van der Waals surface area contributed by atoms with E-state index in [1.54, 1.807) is 6.33 Å². The van der Waals surface area contributed by atoms with Crippen molar-refractivity contribution >= 4 is 33.0 Å². The Morgan fingerprint density at radius 2 is 1.46 bits per heavy atom. The van der Waals surface area contributed by atoms with Crippen molar-refractivity contribution in [3.8, 4) is 0 Å². The van der Waals surface area contributed by atoms with Crippen molar-refractivity contribution < 1.29 is 12.8 Å². The van der Waals surface area contributed by atoms with E-state index in [0.717, 1.165) is 24.1 Å². The molecule has 1 saturated heterocycles. The summed E-state index contributed by atoms with van der Waals surface area (Å²) in [6.45, 7) is 2.65. The Labute approximate surface area is 238 Å². The molecule has 41 heavy (non-hydrogen) atoms. The Balaban J connectivity index is 1.25. The molecule has 5 aromatic rings. The highest BCUT2D eigenvalue weighted by atomic mass is 32.2. The van der Waals surface area contributed by atoms with Crippen molar-refractivity contribution in [2.75, 3.05) is 42.9 Å². The number of aromatic nitrogens is 4. The first kappa shape index (κ1) is 26.9. The van der Waals surface area contributed by atoms with Crippen LogP contribution in [0.5, 0.6) is 0 Å². The van der Waals surface area contributed by atoms with Crippen LogP contribution in [0.1, 0.15) is 11.1 Å². The summed E-state index contributed by atoms with van der Waals surface area (Å²) >= 11 is 0. The van der Waals surface area contributed by atoms with Gasteiger partial charge in [0.25, 0.3) is 0 Å². The third-order valence-corrected chi connectivity index (χ3v) is 9.08. The standard InChI is InChI=1S/C30H30FN7O2S/c31-25-11-13-26(14-12-25)41(39,40)38-19-17-36(18-20-38)30-34-28(32-16-15-23-7-3-1-4-8-23)27-29(35-30)37(22-33-27)21-24-9-5-2-6-10-24/h1-14,22H,15-21H2,(H,32,34,35). The van der Waals surface area contributed by atoms with E-state index >= 15 is 0 Å². The van der Waals surface area contributed by atoms with E-state index in [1.165, 1.54) is 22.0 Å². The SMILES string of the molecule is O=S(=O)(c1ccc(F)cc1)N1CCN(c2nc(NCCc3ccccc3)c3ncn(Cc4ccccc4)c3n2)CC1. The summed E-state index contributed by atoms with van der Waals surface area (Å²) in [4.78, 5) is 16.5. The maximum atomic E-state index is 13.4. The van der Waals surface area contributed by atoms with Crippen LogP contribution in [-0.2, 0) is 23.0 Å². The van der Waals surface area contributed by atoms with E-state index in [4.69, 9.17) is 9.97 Å². The molecule has 0 aliphatic carbocycles. The van der Waals surface area contributed by atoms with Crippen molar-refractivity contribution in [3.63, 3.8) is 0 Å². The third-order valence-electron chi connectivity index (χ3n) is 7.17. The maximum Gasteiger partial charge on any atom is 0.243 e. The lowest BCUT2D eigenvalue weighted by molar-refractivity contribution is 0.382. The number of sulfonamides is 1. The molecule has 0 saturated carbocycles. The number of imidazole rings is 1. The predicted molar refractivity (Wildman–Crippen MR) is 157 cm³/mol. The van der Waals surface area contributed by atoms with Gasteiger partial charge in [-0.25, -0.2) is 17.8 Å². The number of hydrogen-bond donors (Lipinski definition) is 1. The van der Waals surface area contributed by atoms with Crippen LogP contribution in [-0.4, -0.2) is 65.0 Å². The fourth-order valence-electron chi connectivity index (χ4n) is 4.95. The number of anilines is 2. The first-order valence-corrected chi connectivity index (χ1v) is 15.0. The van der Waals surface area contributed by atoms with E-state index in [2.05, 4.69) is 34.6 Å². The molecule has 1 N–H and O–H groups in total. The molecule has 9 nitrogen and oxygen atoms in total. The third kappa shape index (κ3) is 5.91. The lowest BCUT2D eigenvalue weighted by Crippen LogP contribution is -2.49. The van der Waals surface area contributed by atoms with Gasteiger partial charge in [-0.3, -0.25) is 0 Å². The molecule has 0 spiro atoms. The van der Waals surface area contributed by atoms with Crippen LogP contribution in [0.4, 0.5) is 16.2 Å². The van der Waals surface area contributed by atoms with Gasteiger partial charge in [0.2, 0.25) is 16.0 Å². The highest BCUT2D eigenvalue weighted by molar-refractivity contribution is 7.89. The lowest BCUT2D eigenvalue weighted by atomic mass is 10.1. The van der Waals surface area contributed by atoms with Crippen LogP contribution in [0.15, 0.2) is 96.2 Å². The number of rotatable bonds is 9. The molecule has 1 aliphatic heterocycles. The monoisotopic (exact) mass is 571 g/mol. The Morgan fingerprint density at radius 1 is 0.805 bits per heavy atom. The van der Waals surface area contributed by atoms with Crippen LogP contribution in [0.2, 0.25) is 0 Å². The smallest absolute Gasteiger partial charge is 0.243 e. The Bertz CT molecular complexity index is 1720. The molecule has 1 fully saturated rings. The fourth-order valence-corrected chi connectivity index (χ4v) is 6.37. The van der Waals surface area contributed by atoms with Crippen LogP contribution < -0.4 is 10.2 Å². The molecule has 3 heterocycles. The zero-order chi connectivity index (χ0) is 28.2. The minimum atomic E-state index is -3.73. The topological polar surface area (TPSA) is 96.3 Å². The highest BCUT2D eigenvalue weighted by Crippen LogP contribution is 2.25. The summed E-state index contributed by atoms with van der Waals surface area (Å²) in [5.41, 5.74) is 3.75. The molecular weight excluding hydrogens is 541 g/mol. The average Bonchev–Trinajstić information content (AvgIpc) is 3.41. The lowest BCUT2D eigenvalue weighted by Gasteiger charge is -2.34. The van der Waals surface area contributed by atoms with Crippen molar-refractivity contribution in [1.29, 1.82) is 0 Å². The van der Waals surface area contributed by atoms with Crippen LogP contribution >= 0.6 is 0 Å². The van der Waals surface area contributed by atoms with Gasteiger partial charge in [0.05, 0.1) is 17.8 Å². The first-order valence-electron chi connectivity index (χ1n) is 13.5. The number of halogens is 1. The number of fused-ring (bicyclic) bond motifs is 1. The quantitative estimate of drug-likeness (QED) is 0.284. The minimum absolute atomic E-state index is 0.0831. The second-order valence-electron chi connectivity index (χ2n) is 9.91. The first-order chi connectivity index (χ1) is 20.0. The maximum absolute atomic E-state index is 13.4. The van der Waals surface area contributed by atoms with Crippen molar-refractivity contribution in [1.82, 2.24) is 23.8 Å². The Hall–Kier alpha value is -4.35. The van der Waals surface area contributed by atoms with Crippen LogP contribution in [0.3, 0.4) is 0 Å². The summed E-state index contributed by atoms with van der Waals surface area (Å²) in [5, 5.41) is 3.46. The molecule has 6 rings (SSSR count). The Kier molecular flexibility index (Phi) is 7.62. The average molecular weight is 572 g/mol. The highest BCUT2D eigenvalue weighted by Gasteiger charge is 2.30. The van der Waals surface area contributed by atoms with Crippen molar-refractivity contribution in [2.24, 2.45) is 0 Å². The van der Waals surface area contributed by atoms with Gasteiger partial charge in [0.15, 0.2) is 17.0 Å². The molecule has 11 heteroatoms. The number of piperazine rings is 1. The summed E-state index contributed by atoms with van der Waals surface area (Å²) in [6, 6.07) is 25.3. The normalized spacial score (nSPS) is 14.4. The van der Waals surface area contributed by atoms with Gasteiger partial charge in [-0.2, -0.15) is 14.3 Å². The van der Waals surface area contributed by atoms with E-state index < -0.39 is 15.8 Å². The van der Waals surface area contributed by atoms with Gasteiger partial charge in [0, 0.05) is 32.7 Å². The molecule has 0 unspecified atom stereocenters. The number of benzene rings is 3. The van der Waals surface area contributed by atoms with Gasteiger partial charge in [0.1, 0.15) is 5.82 Å². The van der Waals surface area contributed by atoms with Crippen molar-refractivity contribution in [3.05, 3.63) is 108 Å². The van der Waals surface area contributed by atoms with Crippen LogP contribution in [0, 0.1) is 5.82 Å². The molecule has 1 aliphatic rings. The number of hydrogen-bond acceptors (Lipinski definition) is 7. The van der Waals surface area contributed by atoms with E-state index in [1.807, 2.05) is 45.9 Å². The van der Waals surface area contributed by atoms with Gasteiger partial charge >= 0.3 is 0 Å². The fraction of sp³-hybridized carbons (Fsp3) is 0.233. The molecule has 0 bridgehead atoms. The zero-order valence-electron chi connectivity index (χ0n) is 22.4. The molecule has 0 atom stereocenters. The largest absolute Gasteiger partial charge is 0.368 e. The van der Waals surface area contributed by atoms with E-state index in [-0.39, 0.29) is 18.0 Å². The van der Waals surface area contributed by atoms with Gasteiger partial charge in [-0.1, -0.05) is 60.7 Å². The molecular formula is C30H30FN7O2S. The predicted octanol–water partition coefficient (Wildman–Crippen LogP) is 4.18. The molecule has 3 aromatic carbocycles. The summed E-state index contributed by atoms with van der Waals surface area (Å²) < 4.78 is 43.0. The molecule has 0 radical (unpaired) electrons. The summed E-state index contributed by atoms with van der Waals surface area (Å²) in [7, 11) is -3.73. The second-order valence-corrected chi connectivity index (χ2v) is 11.8. The van der Waals surface area contributed by atoms with Crippen molar-refractivity contribution in [2.45, 2.75) is 17.9 Å². The van der Waals surface area contributed by atoms with E-state index in [9.17, 15) is 12.8 Å². The second kappa shape index (κ2) is 11.6. The number of nitrogens with one attached hydrogen (secondary N) is 1. The molecule has 2 aromatic heterocycles. The summed E-state index contributed by atoms with van der Waals surface area (Å²) in [6.07, 6.45) is 2.61. The van der Waals surface area contributed by atoms with E-state index in [0.29, 0.717) is 49.1 Å². The minimum Gasteiger partial charge on any atom is -0.368 e. The molecule has 0 amide bonds. The molecule has 210 valence electrons. The van der Waals surface area contributed by atoms with Crippen LogP contribution in [0.25, 0.3) is 11.2 Å².